The number of nitrogens with zero attached hydrogens (tertiary/aromatic N) is 3. The first-order valence-corrected chi connectivity index (χ1v) is 9.24. The van der Waals surface area contributed by atoms with Crippen molar-refractivity contribution in [2.24, 2.45) is 0 Å². The van der Waals surface area contributed by atoms with E-state index in [1.807, 2.05) is 4.90 Å². The predicted molar refractivity (Wildman–Crippen MR) is 95.0 cm³/mol. The van der Waals surface area contributed by atoms with Gasteiger partial charge >= 0.3 is 0 Å². The monoisotopic (exact) mass is 351 g/mol. The molecule has 0 aliphatic carbocycles. The first-order valence-electron chi connectivity index (χ1n) is 9.24. The highest BCUT2D eigenvalue weighted by Gasteiger charge is 2.26. The lowest BCUT2D eigenvalue weighted by molar-refractivity contribution is 0.0723. The van der Waals surface area contributed by atoms with E-state index in [9.17, 15) is 13.6 Å². The van der Waals surface area contributed by atoms with Crippen LogP contribution in [0.1, 0.15) is 43.5 Å². The summed E-state index contributed by atoms with van der Waals surface area (Å²) in [4.78, 5) is 18.6. The summed E-state index contributed by atoms with van der Waals surface area (Å²) < 4.78 is 28.5. The Balaban J connectivity index is 1.80. The molecule has 2 aliphatic heterocycles. The molecule has 0 bridgehead atoms. The van der Waals surface area contributed by atoms with E-state index in [-0.39, 0.29) is 17.2 Å². The van der Waals surface area contributed by atoms with Crippen molar-refractivity contribution in [3.8, 4) is 0 Å². The van der Waals surface area contributed by atoms with Crippen molar-refractivity contribution >= 4 is 11.6 Å². The van der Waals surface area contributed by atoms with Crippen LogP contribution >= 0.6 is 0 Å². The zero-order valence-corrected chi connectivity index (χ0v) is 15.1. The molecule has 1 amide bonds. The second-order valence-corrected chi connectivity index (χ2v) is 7.26. The van der Waals surface area contributed by atoms with Crippen molar-refractivity contribution in [1.82, 2.24) is 9.80 Å². The summed E-state index contributed by atoms with van der Waals surface area (Å²) in [5.74, 6) is -1.99. The van der Waals surface area contributed by atoms with E-state index < -0.39 is 11.6 Å². The maximum atomic E-state index is 14.4. The average Bonchev–Trinajstić information content (AvgIpc) is 2.64. The number of piperazine rings is 1. The molecule has 0 unspecified atom stereocenters. The molecule has 1 aromatic carbocycles. The van der Waals surface area contributed by atoms with Crippen LogP contribution in [0.25, 0.3) is 0 Å². The van der Waals surface area contributed by atoms with Crippen LogP contribution in [-0.4, -0.2) is 61.0 Å². The summed E-state index contributed by atoms with van der Waals surface area (Å²) in [6, 6.07) is 3.01. The van der Waals surface area contributed by atoms with Gasteiger partial charge in [0.05, 0.1) is 5.69 Å². The molecule has 2 heterocycles. The summed E-state index contributed by atoms with van der Waals surface area (Å²) in [6.45, 7) is 8.54. The molecule has 3 rings (SSSR count). The number of rotatable bonds is 3. The van der Waals surface area contributed by atoms with Crippen LogP contribution in [0.3, 0.4) is 0 Å². The molecule has 6 heteroatoms. The number of carbonyl (C=O) groups is 1. The second kappa shape index (κ2) is 7.68. The van der Waals surface area contributed by atoms with Gasteiger partial charge in [-0.25, -0.2) is 8.78 Å². The molecule has 138 valence electrons. The molecule has 0 saturated carbocycles. The minimum Gasteiger partial charge on any atom is -0.366 e. The van der Waals surface area contributed by atoms with E-state index in [0.29, 0.717) is 32.2 Å². The highest BCUT2D eigenvalue weighted by molar-refractivity contribution is 5.95. The number of carbonyl (C=O) groups excluding carboxylic acids is 1. The third-order valence-electron chi connectivity index (χ3n) is 5.28. The number of benzene rings is 1. The number of hydrogen-bond acceptors (Lipinski definition) is 3. The van der Waals surface area contributed by atoms with Crippen LogP contribution in [0.4, 0.5) is 14.5 Å². The molecule has 0 spiro atoms. The number of anilines is 1. The van der Waals surface area contributed by atoms with Gasteiger partial charge < -0.3 is 9.80 Å². The minimum absolute atomic E-state index is 0.194. The van der Waals surface area contributed by atoms with Crippen molar-refractivity contribution in [3.63, 3.8) is 0 Å². The maximum absolute atomic E-state index is 14.4. The fourth-order valence-corrected chi connectivity index (χ4v) is 3.69. The van der Waals surface area contributed by atoms with Crippen molar-refractivity contribution in [2.75, 3.05) is 44.2 Å². The molecule has 2 aliphatic rings. The Kier molecular flexibility index (Phi) is 5.57. The SMILES string of the molecule is CC(C)N1CCN(c2cc(C(=O)N3CCCCC3)cc(F)c2F)CC1. The molecular weight excluding hydrogens is 324 g/mol. The van der Waals surface area contributed by atoms with E-state index in [0.717, 1.165) is 38.4 Å². The van der Waals surface area contributed by atoms with E-state index in [1.54, 1.807) is 4.90 Å². The molecule has 2 saturated heterocycles. The fraction of sp³-hybridized carbons (Fsp3) is 0.632. The molecule has 4 nitrogen and oxygen atoms in total. The van der Waals surface area contributed by atoms with Crippen LogP contribution < -0.4 is 4.90 Å². The van der Waals surface area contributed by atoms with E-state index >= 15 is 0 Å². The van der Waals surface area contributed by atoms with Gasteiger partial charge in [-0.2, -0.15) is 0 Å². The maximum Gasteiger partial charge on any atom is 0.254 e. The van der Waals surface area contributed by atoms with Gasteiger partial charge in [-0.3, -0.25) is 9.69 Å². The lowest BCUT2D eigenvalue weighted by Gasteiger charge is -2.38. The number of hydrogen-bond donors (Lipinski definition) is 0. The van der Waals surface area contributed by atoms with Gasteiger partial charge in [0.15, 0.2) is 11.6 Å². The first-order chi connectivity index (χ1) is 12.0. The quantitative estimate of drug-likeness (QED) is 0.837. The largest absolute Gasteiger partial charge is 0.366 e. The van der Waals surface area contributed by atoms with Crippen molar-refractivity contribution in [2.45, 2.75) is 39.2 Å². The van der Waals surface area contributed by atoms with Gasteiger partial charge in [0.1, 0.15) is 0 Å². The summed E-state index contributed by atoms with van der Waals surface area (Å²) in [6.07, 6.45) is 3.06. The predicted octanol–water partition coefficient (Wildman–Crippen LogP) is 3.12. The van der Waals surface area contributed by atoms with Crippen LogP contribution in [0.15, 0.2) is 12.1 Å². The van der Waals surface area contributed by atoms with Crippen LogP contribution in [0, 0.1) is 11.6 Å². The molecule has 0 atom stereocenters. The number of halogens is 2. The zero-order chi connectivity index (χ0) is 18.0. The summed E-state index contributed by atoms with van der Waals surface area (Å²) in [5, 5.41) is 0. The van der Waals surface area contributed by atoms with Gasteiger partial charge in [-0.1, -0.05) is 0 Å². The molecular formula is C19H27F2N3O. The molecule has 2 fully saturated rings. The van der Waals surface area contributed by atoms with Gasteiger partial charge in [0.2, 0.25) is 0 Å². The number of likely N-dealkylation sites (tertiary alicyclic amines) is 1. The van der Waals surface area contributed by atoms with E-state index in [1.165, 1.54) is 6.07 Å². The van der Waals surface area contributed by atoms with E-state index in [4.69, 9.17) is 0 Å². The zero-order valence-electron chi connectivity index (χ0n) is 15.1. The van der Waals surface area contributed by atoms with Crippen LogP contribution in [0.5, 0.6) is 0 Å². The van der Waals surface area contributed by atoms with E-state index in [2.05, 4.69) is 18.7 Å². The van der Waals surface area contributed by atoms with Gasteiger partial charge in [0, 0.05) is 50.9 Å². The molecule has 1 aromatic rings. The Hall–Kier alpha value is -1.69. The molecule has 0 radical (unpaired) electrons. The van der Waals surface area contributed by atoms with Crippen LogP contribution in [-0.2, 0) is 0 Å². The van der Waals surface area contributed by atoms with Crippen molar-refractivity contribution < 1.29 is 13.6 Å². The topological polar surface area (TPSA) is 26.8 Å². The van der Waals surface area contributed by atoms with Gasteiger partial charge in [0.25, 0.3) is 5.91 Å². The van der Waals surface area contributed by atoms with Gasteiger partial charge in [-0.05, 0) is 45.2 Å². The Bertz CT molecular complexity index is 621. The summed E-state index contributed by atoms with van der Waals surface area (Å²) >= 11 is 0. The third kappa shape index (κ3) is 3.94. The molecule has 25 heavy (non-hydrogen) atoms. The second-order valence-electron chi connectivity index (χ2n) is 7.26. The average molecular weight is 351 g/mol. The van der Waals surface area contributed by atoms with Crippen molar-refractivity contribution in [3.05, 3.63) is 29.3 Å². The Morgan fingerprint density at radius 3 is 2.20 bits per heavy atom. The lowest BCUT2D eigenvalue weighted by Crippen LogP contribution is -2.49. The molecule has 0 N–H and O–H groups in total. The number of amides is 1. The minimum atomic E-state index is -0.941. The first kappa shape index (κ1) is 18.1. The normalized spacial score (nSPS) is 19.6. The van der Waals surface area contributed by atoms with Gasteiger partial charge in [-0.15, -0.1) is 0 Å². The Labute approximate surface area is 148 Å². The Morgan fingerprint density at radius 2 is 1.60 bits per heavy atom. The lowest BCUT2D eigenvalue weighted by atomic mass is 10.1. The summed E-state index contributed by atoms with van der Waals surface area (Å²) in [5.41, 5.74) is 0.464. The summed E-state index contributed by atoms with van der Waals surface area (Å²) in [7, 11) is 0. The Morgan fingerprint density at radius 1 is 0.960 bits per heavy atom. The highest BCUT2D eigenvalue weighted by atomic mass is 19.2. The molecule has 0 aromatic heterocycles. The standard InChI is InChI=1S/C19H27F2N3O/c1-14(2)22-8-10-23(11-9-22)17-13-15(12-16(20)18(17)21)19(25)24-6-4-3-5-7-24/h12-14H,3-11H2,1-2H3. The van der Waals surface area contributed by atoms with Crippen LogP contribution in [0.2, 0.25) is 0 Å². The smallest absolute Gasteiger partial charge is 0.254 e. The third-order valence-corrected chi connectivity index (χ3v) is 5.28. The fourth-order valence-electron chi connectivity index (χ4n) is 3.69. The highest BCUT2D eigenvalue weighted by Crippen LogP contribution is 2.26. The van der Waals surface area contributed by atoms with Crippen molar-refractivity contribution in [1.29, 1.82) is 0 Å². The number of piperidine rings is 1.